The third-order valence-electron chi connectivity index (χ3n) is 4.38. The Kier molecular flexibility index (Phi) is 5.89. The average Bonchev–Trinajstić information content (AvgIpc) is 3.07. The van der Waals surface area contributed by atoms with Gasteiger partial charge in [0.15, 0.2) is 11.5 Å². The molecule has 0 radical (unpaired) electrons. The summed E-state index contributed by atoms with van der Waals surface area (Å²) >= 11 is 0. The Morgan fingerprint density at radius 3 is 2.00 bits per heavy atom. The van der Waals surface area contributed by atoms with E-state index in [1.807, 2.05) is 30.3 Å². The highest BCUT2D eigenvalue weighted by Crippen LogP contribution is 2.39. The molecule has 1 fully saturated rings. The van der Waals surface area contributed by atoms with Gasteiger partial charge in [-0.25, -0.2) is 4.79 Å². The van der Waals surface area contributed by atoms with E-state index in [0.717, 1.165) is 22.4 Å². The summed E-state index contributed by atoms with van der Waals surface area (Å²) in [7, 11) is 6.26. The summed E-state index contributed by atoms with van der Waals surface area (Å²) in [6, 6.07) is 11.1. The molecule has 6 heteroatoms. The van der Waals surface area contributed by atoms with E-state index < -0.39 is 0 Å². The number of cyclic esters (lactones) is 1. The average molecular weight is 382 g/mol. The Labute approximate surface area is 163 Å². The molecule has 2 aromatic rings. The molecule has 0 unspecified atom stereocenters. The molecule has 1 saturated heterocycles. The smallest absolute Gasteiger partial charge is 0.338 e. The summed E-state index contributed by atoms with van der Waals surface area (Å²) < 4.78 is 26.5. The molecule has 0 spiro atoms. The van der Waals surface area contributed by atoms with Crippen molar-refractivity contribution in [3.8, 4) is 23.0 Å². The van der Waals surface area contributed by atoms with Crippen molar-refractivity contribution in [2.75, 3.05) is 35.0 Å². The minimum Gasteiger partial charge on any atom is -0.497 e. The van der Waals surface area contributed by atoms with Crippen molar-refractivity contribution in [1.82, 2.24) is 0 Å². The van der Waals surface area contributed by atoms with Gasteiger partial charge in [0.25, 0.3) is 0 Å². The largest absolute Gasteiger partial charge is 0.497 e. The van der Waals surface area contributed by atoms with Crippen molar-refractivity contribution >= 4 is 18.1 Å². The van der Waals surface area contributed by atoms with Crippen LogP contribution in [0.3, 0.4) is 0 Å². The van der Waals surface area contributed by atoms with Crippen LogP contribution in [-0.4, -0.2) is 41.0 Å². The van der Waals surface area contributed by atoms with Crippen molar-refractivity contribution < 1.29 is 28.5 Å². The van der Waals surface area contributed by atoms with Gasteiger partial charge in [-0.15, -0.1) is 0 Å². The van der Waals surface area contributed by atoms with Gasteiger partial charge in [0.05, 0.1) is 34.0 Å². The monoisotopic (exact) mass is 382 g/mol. The number of esters is 1. The van der Waals surface area contributed by atoms with Crippen molar-refractivity contribution in [2.45, 2.75) is 0 Å². The van der Waals surface area contributed by atoms with E-state index in [2.05, 4.69) is 0 Å². The standard InChI is InChI=1S/C22H22O6/c1-24-17-7-5-14(6-8-17)9-16-13-28-22(23)18(16)10-15-11-19(25-2)21(27-4)20(12-15)26-3/h5-12H,13H2,1-4H3/b16-9-,18-10+. The van der Waals surface area contributed by atoms with Crippen molar-refractivity contribution in [1.29, 1.82) is 0 Å². The normalized spacial score (nSPS) is 16.2. The first-order valence-electron chi connectivity index (χ1n) is 8.63. The van der Waals surface area contributed by atoms with Gasteiger partial charge in [-0.3, -0.25) is 0 Å². The maximum atomic E-state index is 12.3. The van der Waals surface area contributed by atoms with Gasteiger partial charge in [-0.1, -0.05) is 12.1 Å². The fraction of sp³-hybridized carbons (Fsp3) is 0.227. The van der Waals surface area contributed by atoms with Gasteiger partial charge in [0.2, 0.25) is 5.75 Å². The van der Waals surface area contributed by atoms with Crippen LogP contribution in [-0.2, 0) is 9.53 Å². The van der Waals surface area contributed by atoms with Gasteiger partial charge in [-0.2, -0.15) is 0 Å². The first-order valence-corrected chi connectivity index (χ1v) is 8.63. The third kappa shape index (κ3) is 3.96. The molecular formula is C22H22O6. The van der Waals surface area contributed by atoms with Crippen LogP contribution in [0, 0.1) is 0 Å². The van der Waals surface area contributed by atoms with E-state index in [-0.39, 0.29) is 12.6 Å². The Bertz CT molecular complexity index is 900. The molecule has 0 N–H and O–H groups in total. The molecule has 0 aliphatic carbocycles. The van der Waals surface area contributed by atoms with Crippen LogP contribution < -0.4 is 18.9 Å². The molecule has 3 rings (SSSR count). The Morgan fingerprint density at radius 2 is 1.46 bits per heavy atom. The van der Waals surface area contributed by atoms with E-state index in [1.54, 1.807) is 46.6 Å². The number of methoxy groups -OCH3 is 4. The molecule has 0 atom stereocenters. The summed E-state index contributed by atoms with van der Waals surface area (Å²) in [4.78, 5) is 12.3. The van der Waals surface area contributed by atoms with Gasteiger partial charge in [0.1, 0.15) is 12.4 Å². The second kappa shape index (κ2) is 8.52. The predicted molar refractivity (Wildman–Crippen MR) is 106 cm³/mol. The Morgan fingerprint density at radius 1 is 0.821 bits per heavy atom. The molecule has 146 valence electrons. The summed E-state index contributed by atoms with van der Waals surface area (Å²) in [6.07, 6.45) is 3.68. The van der Waals surface area contributed by atoms with Crippen LogP contribution in [0.5, 0.6) is 23.0 Å². The predicted octanol–water partition coefficient (Wildman–Crippen LogP) is 3.74. The maximum Gasteiger partial charge on any atom is 0.338 e. The van der Waals surface area contributed by atoms with E-state index >= 15 is 0 Å². The number of benzene rings is 2. The number of rotatable bonds is 6. The van der Waals surface area contributed by atoms with Crippen LogP contribution >= 0.6 is 0 Å². The molecule has 0 amide bonds. The highest BCUT2D eigenvalue weighted by atomic mass is 16.5. The zero-order valence-corrected chi connectivity index (χ0v) is 16.3. The molecule has 6 nitrogen and oxygen atoms in total. The molecule has 0 saturated carbocycles. The summed E-state index contributed by atoms with van der Waals surface area (Å²) in [5, 5.41) is 0. The lowest BCUT2D eigenvalue weighted by Crippen LogP contribution is -1.97. The minimum atomic E-state index is -0.367. The molecule has 1 heterocycles. The summed E-state index contributed by atoms with van der Waals surface area (Å²) in [6.45, 7) is 0.223. The molecule has 0 bridgehead atoms. The first-order chi connectivity index (χ1) is 13.6. The van der Waals surface area contributed by atoms with Crippen LogP contribution in [0.4, 0.5) is 0 Å². The van der Waals surface area contributed by atoms with Crippen LogP contribution in [0.1, 0.15) is 11.1 Å². The Hall–Kier alpha value is -3.41. The highest BCUT2D eigenvalue weighted by molar-refractivity contribution is 6.02. The number of carbonyl (C=O) groups excluding carboxylic acids is 1. The van der Waals surface area contributed by atoms with E-state index in [0.29, 0.717) is 22.8 Å². The van der Waals surface area contributed by atoms with Crippen molar-refractivity contribution in [3.63, 3.8) is 0 Å². The van der Waals surface area contributed by atoms with E-state index in [1.165, 1.54) is 0 Å². The van der Waals surface area contributed by atoms with Gasteiger partial charge in [0, 0.05) is 5.57 Å². The SMILES string of the molecule is COc1ccc(/C=C2/COC(=O)/C2=C/c2cc(OC)c(OC)c(OC)c2)cc1. The van der Waals surface area contributed by atoms with E-state index in [9.17, 15) is 4.79 Å². The van der Waals surface area contributed by atoms with Crippen LogP contribution in [0.15, 0.2) is 47.5 Å². The number of hydrogen-bond donors (Lipinski definition) is 0. The van der Waals surface area contributed by atoms with E-state index in [4.69, 9.17) is 23.7 Å². The fourth-order valence-corrected chi connectivity index (χ4v) is 2.95. The lowest BCUT2D eigenvalue weighted by atomic mass is 10.0. The second-order valence-electron chi connectivity index (χ2n) is 6.04. The molecule has 1 aliphatic rings. The molecular weight excluding hydrogens is 360 g/mol. The Balaban J connectivity index is 2.00. The van der Waals surface area contributed by atoms with Crippen LogP contribution in [0.25, 0.3) is 12.2 Å². The van der Waals surface area contributed by atoms with Gasteiger partial charge < -0.3 is 23.7 Å². The number of ether oxygens (including phenoxy) is 5. The zero-order valence-electron chi connectivity index (χ0n) is 16.3. The van der Waals surface area contributed by atoms with Gasteiger partial charge in [-0.05, 0) is 47.5 Å². The number of carbonyl (C=O) groups is 1. The summed E-state index contributed by atoms with van der Waals surface area (Å²) in [5.41, 5.74) is 2.97. The lowest BCUT2D eigenvalue weighted by molar-refractivity contribution is -0.134. The van der Waals surface area contributed by atoms with Crippen molar-refractivity contribution in [3.05, 3.63) is 58.7 Å². The molecule has 1 aliphatic heterocycles. The third-order valence-corrected chi connectivity index (χ3v) is 4.38. The second-order valence-corrected chi connectivity index (χ2v) is 6.04. The summed E-state index contributed by atoms with van der Waals surface area (Å²) in [5.74, 6) is 1.93. The quantitative estimate of drug-likeness (QED) is 0.560. The molecule has 2 aromatic carbocycles. The topological polar surface area (TPSA) is 63.2 Å². The zero-order chi connectivity index (χ0) is 20.1. The number of hydrogen-bond acceptors (Lipinski definition) is 6. The fourth-order valence-electron chi connectivity index (χ4n) is 2.95. The molecule has 28 heavy (non-hydrogen) atoms. The van der Waals surface area contributed by atoms with Gasteiger partial charge >= 0.3 is 5.97 Å². The minimum absolute atomic E-state index is 0.223. The highest BCUT2D eigenvalue weighted by Gasteiger charge is 2.25. The van der Waals surface area contributed by atoms with Crippen LogP contribution in [0.2, 0.25) is 0 Å². The lowest BCUT2D eigenvalue weighted by Gasteiger charge is -2.13. The first kappa shape index (κ1) is 19.4. The maximum absolute atomic E-state index is 12.3. The van der Waals surface area contributed by atoms with Crippen molar-refractivity contribution in [2.24, 2.45) is 0 Å². The molecule has 0 aromatic heterocycles.